The molecule has 0 saturated carbocycles. The molecule has 1 N–H and O–H groups in total. The Bertz CT molecular complexity index is 670. The van der Waals surface area contributed by atoms with Gasteiger partial charge < -0.3 is 14.6 Å². The summed E-state index contributed by atoms with van der Waals surface area (Å²) in [6, 6.07) is 5.49. The van der Waals surface area contributed by atoms with Gasteiger partial charge in [-0.25, -0.2) is 9.97 Å². The summed E-state index contributed by atoms with van der Waals surface area (Å²) in [6.07, 6.45) is 0.860. The van der Waals surface area contributed by atoms with E-state index in [9.17, 15) is 4.79 Å². The summed E-state index contributed by atoms with van der Waals surface area (Å²) in [5.41, 5.74) is 1.01. The van der Waals surface area contributed by atoms with E-state index in [0.717, 1.165) is 23.7 Å². The highest BCUT2D eigenvalue weighted by Crippen LogP contribution is 2.23. The van der Waals surface area contributed by atoms with Crippen molar-refractivity contribution in [2.75, 3.05) is 25.5 Å². The number of nitrogens with one attached hydrogen (secondary N) is 1. The first kappa shape index (κ1) is 17.3. The molecule has 0 fully saturated rings. The zero-order valence-corrected chi connectivity index (χ0v) is 14.7. The summed E-state index contributed by atoms with van der Waals surface area (Å²) >= 11 is 1.50. The predicted molar refractivity (Wildman–Crippen MR) is 92.0 cm³/mol. The van der Waals surface area contributed by atoms with Gasteiger partial charge in [-0.15, -0.1) is 0 Å². The molecule has 0 radical (unpaired) electrons. The normalized spacial score (nSPS) is 10.6. The molecule has 0 aliphatic heterocycles. The molecule has 7 heteroatoms. The van der Waals surface area contributed by atoms with E-state index in [1.165, 1.54) is 11.8 Å². The molecule has 6 nitrogen and oxygen atoms in total. The Morgan fingerprint density at radius 2 is 2.09 bits per heavy atom. The van der Waals surface area contributed by atoms with Gasteiger partial charge in [-0.2, -0.15) is 0 Å². The van der Waals surface area contributed by atoms with Crippen LogP contribution in [-0.4, -0.2) is 36.5 Å². The highest BCUT2D eigenvalue weighted by Gasteiger charge is 2.11. The average Bonchev–Trinajstić information content (AvgIpc) is 3.02. The molecule has 1 amide bonds. The van der Waals surface area contributed by atoms with Gasteiger partial charge in [-0.3, -0.25) is 4.79 Å². The van der Waals surface area contributed by atoms with Crippen molar-refractivity contribution >= 4 is 23.5 Å². The number of carbonyl (C=O) groups excluding carboxylic acids is 1. The second kappa shape index (κ2) is 8.01. The summed E-state index contributed by atoms with van der Waals surface area (Å²) in [4.78, 5) is 22.7. The molecule has 0 saturated heterocycles. The van der Waals surface area contributed by atoms with Crippen LogP contribution in [0.15, 0.2) is 27.8 Å². The standard InChI is InChI=1S/C16H22N4O2S/c1-5-11-9-14(20(3)4)19-16(18-11)23-10-12-7-8-13(22-12)15(21)17-6-2/h7-9H,5-6,10H2,1-4H3,(H,17,21). The fourth-order valence-corrected chi connectivity index (χ4v) is 2.66. The van der Waals surface area contributed by atoms with Gasteiger partial charge in [0.05, 0.1) is 5.75 Å². The van der Waals surface area contributed by atoms with E-state index < -0.39 is 0 Å². The Kier molecular flexibility index (Phi) is 6.04. The molecule has 124 valence electrons. The van der Waals surface area contributed by atoms with Crippen LogP contribution in [-0.2, 0) is 12.2 Å². The van der Waals surface area contributed by atoms with Crippen LogP contribution in [0.4, 0.5) is 5.82 Å². The van der Waals surface area contributed by atoms with Gasteiger partial charge in [-0.1, -0.05) is 18.7 Å². The summed E-state index contributed by atoms with van der Waals surface area (Å²) < 4.78 is 5.56. The lowest BCUT2D eigenvalue weighted by atomic mass is 10.3. The van der Waals surface area contributed by atoms with Crippen molar-refractivity contribution < 1.29 is 9.21 Å². The number of amides is 1. The fraction of sp³-hybridized carbons (Fsp3) is 0.438. The first-order valence-corrected chi connectivity index (χ1v) is 8.57. The molecule has 0 bridgehead atoms. The zero-order chi connectivity index (χ0) is 16.8. The van der Waals surface area contributed by atoms with Crippen LogP contribution in [0.5, 0.6) is 0 Å². The van der Waals surface area contributed by atoms with Crippen molar-refractivity contribution in [3.63, 3.8) is 0 Å². The van der Waals surface area contributed by atoms with Crippen molar-refractivity contribution in [1.29, 1.82) is 0 Å². The first-order valence-electron chi connectivity index (χ1n) is 7.58. The van der Waals surface area contributed by atoms with E-state index in [1.54, 1.807) is 6.07 Å². The van der Waals surface area contributed by atoms with Crippen molar-refractivity contribution in [3.05, 3.63) is 35.4 Å². The van der Waals surface area contributed by atoms with Crippen LogP contribution in [0.2, 0.25) is 0 Å². The van der Waals surface area contributed by atoms with Crippen molar-refractivity contribution in [3.8, 4) is 0 Å². The number of furan rings is 1. The molecule has 2 aromatic rings. The van der Waals surface area contributed by atoms with E-state index in [-0.39, 0.29) is 5.91 Å². The maximum absolute atomic E-state index is 11.7. The maximum atomic E-state index is 11.7. The van der Waals surface area contributed by atoms with E-state index in [4.69, 9.17) is 4.42 Å². The molecule has 0 aliphatic carbocycles. The van der Waals surface area contributed by atoms with Gasteiger partial charge in [0, 0.05) is 32.4 Å². The van der Waals surface area contributed by atoms with Crippen molar-refractivity contribution in [1.82, 2.24) is 15.3 Å². The predicted octanol–water partition coefficient (Wildman–Crippen LogP) is 2.74. The summed E-state index contributed by atoms with van der Waals surface area (Å²) in [7, 11) is 3.92. The number of hydrogen-bond acceptors (Lipinski definition) is 6. The third-order valence-electron chi connectivity index (χ3n) is 3.13. The number of rotatable bonds is 7. The molecular weight excluding hydrogens is 312 g/mol. The van der Waals surface area contributed by atoms with Crippen LogP contribution in [0.3, 0.4) is 0 Å². The van der Waals surface area contributed by atoms with Gasteiger partial charge in [-0.05, 0) is 25.5 Å². The third kappa shape index (κ3) is 4.72. The SMILES string of the molecule is CCNC(=O)c1ccc(CSc2nc(CC)cc(N(C)C)n2)o1. The first-order chi connectivity index (χ1) is 11.0. The Labute approximate surface area is 140 Å². The minimum absolute atomic E-state index is 0.192. The average molecular weight is 334 g/mol. The number of thioether (sulfide) groups is 1. The van der Waals surface area contributed by atoms with E-state index in [0.29, 0.717) is 23.2 Å². The largest absolute Gasteiger partial charge is 0.455 e. The van der Waals surface area contributed by atoms with Gasteiger partial charge in [0.2, 0.25) is 0 Å². The van der Waals surface area contributed by atoms with Crippen LogP contribution in [0.25, 0.3) is 0 Å². The summed E-state index contributed by atoms with van der Waals surface area (Å²) in [5, 5.41) is 3.43. The molecule has 23 heavy (non-hydrogen) atoms. The molecular formula is C16H22N4O2S. The number of carbonyl (C=O) groups is 1. The van der Waals surface area contributed by atoms with E-state index in [2.05, 4.69) is 22.2 Å². The van der Waals surface area contributed by atoms with Gasteiger partial charge >= 0.3 is 0 Å². The molecule has 2 heterocycles. The second-order valence-electron chi connectivity index (χ2n) is 5.16. The van der Waals surface area contributed by atoms with Crippen LogP contribution >= 0.6 is 11.8 Å². The molecule has 0 aliphatic rings. The lowest BCUT2D eigenvalue weighted by molar-refractivity contribution is 0.0927. The number of hydrogen-bond donors (Lipinski definition) is 1. The minimum atomic E-state index is -0.192. The smallest absolute Gasteiger partial charge is 0.286 e. The molecule has 2 rings (SSSR count). The molecule has 0 aromatic carbocycles. The highest BCUT2D eigenvalue weighted by atomic mass is 32.2. The quantitative estimate of drug-likeness (QED) is 0.620. The number of aromatic nitrogens is 2. The van der Waals surface area contributed by atoms with Crippen LogP contribution < -0.4 is 10.2 Å². The lowest BCUT2D eigenvalue weighted by Gasteiger charge is -2.13. The second-order valence-corrected chi connectivity index (χ2v) is 6.10. The van der Waals surface area contributed by atoms with Crippen LogP contribution in [0, 0.1) is 0 Å². The Morgan fingerprint density at radius 1 is 1.30 bits per heavy atom. The zero-order valence-electron chi connectivity index (χ0n) is 13.9. The van der Waals surface area contributed by atoms with Crippen LogP contribution in [0.1, 0.15) is 35.9 Å². The van der Waals surface area contributed by atoms with Gasteiger partial charge in [0.15, 0.2) is 10.9 Å². The number of aryl methyl sites for hydroxylation is 1. The Balaban J connectivity index is 2.06. The maximum Gasteiger partial charge on any atom is 0.286 e. The monoisotopic (exact) mass is 334 g/mol. The molecule has 2 aromatic heterocycles. The Hall–Kier alpha value is -2.02. The summed E-state index contributed by atoms with van der Waals surface area (Å²) in [6.45, 7) is 4.52. The minimum Gasteiger partial charge on any atom is -0.455 e. The van der Waals surface area contributed by atoms with Gasteiger partial charge in [0.25, 0.3) is 5.91 Å². The third-order valence-corrected chi connectivity index (χ3v) is 4.00. The number of nitrogens with zero attached hydrogens (tertiary/aromatic N) is 3. The topological polar surface area (TPSA) is 71.3 Å². The van der Waals surface area contributed by atoms with Crippen molar-refractivity contribution in [2.45, 2.75) is 31.2 Å². The fourth-order valence-electron chi connectivity index (χ4n) is 1.90. The van der Waals surface area contributed by atoms with E-state index in [1.807, 2.05) is 38.1 Å². The molecule has 0 spiro atoms. The number of anilines is 1. The molecule has 0 unspecified atom stereocenters. The lowest BCUT2D eigenvalue weighted by Crippen LogP contribution is -2.21. The highest BCUT2D eigenvalue weighted by molar-refractivity contribution is 7.98. The molecule has 0 atom stereocenters. The van der Waals surface area contributed by atoms with Crippen molar-refractivity contribution in [2.24, 2.45) is 0 Å². The summed E-state index contributed by atoms with van der Waals surface area (Å²) in [5.74, 6) is 2.34. The Morgan fingerprint density at radius 3 is 2.74 bits per heavy atom. The van der Waals surface area contributed by atoms with Gasteiger partial charge in [0.1, 0.15) is 11.6 Å². The van der Waals surface area contributed by atoms with E-state index >= 15 is 0 Å².